The summed E-state index contributed by atoms with van der Waals surface area (Å²) in [5.74, 6) is 0.0888. The first-order chi connectivity index (χ1) is 14.7. The molecule has 30 heavy (non-hydrogen) atoms. The zero-order valence-corrected chi connectivity index (χ0v) is 16.6. The topological polar surface area (TPSA) is 96.4 Å². The number of nitrogens with zero attached hydrogens (tertiary/aromatic N) is 2. The molecule has 1 aliphatic heterocycles. The van der Waals surface area contributed by atoms with Crippen molar-refractivity contribution in [2.75, 3.05) is 5.75 Å². The van der Waals surface area contributed by atoms with Gasteiger partial charge in [0.1, 0.15) is 18.2 Å². The Morgan fingerprint density at radius 1 is 1.30 bits per heavy atom. The van der Waals surface area contributed by atoms with Crippen LogP contribution in [-0.4, -0.2) is 21.8 Å². The van der Waals surface area contributed by atoms with E-state index in [1.807, 2.05) is 18.2 Å². The summed E-state index contributed by atoms with van der Waals surface area (Å²) in [6.45, 7) is 0.155. The molecular weight excluding hydrogens is 400 g/mol. The van der Waals surface area contributed by atoms with Gasteiger partial charge in [0.05, 0.1) is 23.8 Å². The van der Waals surface area contributed by atoms with Gasteiger partial charge in [-0.2, -0.15) is 5.26 Å². The number of aromatic carboxylic acids is 1. The molecule has 0 bridgehead atoms. The van der Waals surface area contributed by atoms with E-state index in [0.717, 1.165) is 27.5 Å². The summed E-state index contributed by atoms with van der Waals surface area (Å²) in [6.07, 6.45) is 9.16. The second-order valence-electron chi connectivity index (χ2n) is 6.42. The third-order valence-corrected chi connectivity index (χ3v) is 5.49. The number of allylic oxidation sites excluding steroid dienone is 2. The predicted octanol–water partition coefficient (Wildman–Crippen LogP) is 5.13. The number of carboxylic acids is 1. The van der Waals surface area contributed by atoms with Crippen molar-refractivity contribution in [3.63, 3.8) is 0 Å². The average Bonchev–Trinajstić information content (AvgIpc) is 3.32. The summed E-state index contributed by atoms with van der Waals surface area (Å²) in [6, 6.07) is 12.3. The minimum absolute atomic E-state index is 0.155. The summed E-state index contributed by atoms with van der Waals surface area (Å²) in [5, 5.41) is 18.8. The zero-order valence-electron chi connectivity index (χ0n) is 15.7. The molecule has 0 spiro atoms. The molecule has 1 aliphatic rings. The van der Waals surface area contributed by atoms with Crippen molar-refractivity contribution in [3.8, 4) is 23.1 Å². The molecule has 1 N–H and O–H groups in total. The van der Waals surface area contributed by atoms with Crippen LogP contribution in [-0.2, 0) is 6.61 Å². The number of aromatic nitrogens is 1. The second-order valence-corrected chi connectivity index (χ2v) is 7.48. The normalized spacial score (nSPS) is 12.8. The van der Waals surface area contributed by atoms with Crippen LogP contribution < -0.4 is 4.74 Å². The number of hydrogen-bond acceptors (Lipinski definition) is 6. The fourth-order valence-electron chi connectivity index (χ4n) is 2.96. The van der Waals surface area contributed by atoms with Gasteiger partial charge in [0.15, 0.2) is 0 Å². The first-order valence-corrected chi connectivity index (χ1v) is 10.1. The molecule has 3 aromatic rings. The quantitative estimate of drug-likeness (QED) is 0.595. The van der Waals surface area contributed by atoms with Crippen LogP contribution in [0.3, 0.4) is 0 Å². The van der Waals surface area contributed by atoms with E-state index < -0.39 is 5.97 Å². The molecule has 4 rings (SSSR count). The molecule has 1 aromatic carbocycles. The van der Waals surface area contributed by atoms with Crippen molar-refractivity contribution in [2.45, 2.75) is 6.61 Å². The summed E-state index contributed by atoms with van der Waals surface area (Å²) >= 11 is 1.66. The van der Waals surface area contributed by atoms with E-state index in [1.165, 1.54) is 12.1 Å². The Morgan fingerprint density at radius 3 is 2.77 bits per heavy atom. The second kappa shape index (κ2) is 8.72. The molecule has 0 amide bonds. The Hall–Kier alpha value is -3.76. The molecule has 7 heteroatoms. The number of benzene rings is 1. The van der Waals surface area contributed by atoms with Gasteiger partial charge >= 0.3 is 5.97 Å². The van der Waals surface area contributed by atoms with Gasteiger partial charge in [0.25, 0.3) is 0 Å². The molecule has 0 unspecified atom stereocenters. The highest BCUT2D eigenvalue weighted by atomic mass is 32.2. The number of pyridine rings is 1. The molecule has 0 saturated heterocycles. The highest BCUT2D eigenvalue weighted by Gasteiger charge is 2.19. The maximum absolute atomic E-state index is 11.0. The summed E-state index contributed by atoms with van der Waals surface area (Å²) in [7, 11) is 0. The summed E-state index contributed by atoms with van der Waals surface area (Å²) in [4.78, 5) is 16.6. The van der Waals surface area contributed by atoms with Crippen molar-refractivity contribution < 1.29 is 19.1 Å². The number of rotatable bonds is 6. The van der Waals surface area contributed by atoms with E-state index in [9.17, 15) is 10.1 Å². The van der Waals surface area contributed by atoms with Crippen LogP contribution >= 0.6 is 11.8 Å². The van der Waals surface area contributed by atoms with E-state index in [-0.39, 0.29) is 18.1 Å². The predicted molar refractivity (Wildman–Crippen MR) is 114 cm³/mol. The van der Waals surface area contributed by atoms with Crippen molar-refractivity contribution >= 4 is 22.6 Å². The highest BCUT2D eigenvalue weighted by Crippen LogP contribution is 2.36. The molecular formula is C23H16N2O4S. The molecule has 6 nitrogen and oxygen atoms in total. The van der Waals surface area contributed by atoms with Gasteiger partial charge < -0.3 is 14.3 Å². The van der Waals surface area contributed by atoms with E-state index in [0.29, 0.717) is 11.1 Å². The van der Waals surface area contributed by atoms with Crippen molar-refractivity contribution in [1.29, 1.82) is 5.26 Å². The Labute approximate surface area is 177 Å². The van der Waals surface area contributed by atoms with Gasteiger partial charge in [0, 0.05) is 21.8 Å². The van der Waals surface area contributed by atoms with E-state index in [2.05, 4.69) is 17.1 Å². The molecule has 0 aliphatic carbocycles. The number of ether oxygens (including phenoxy) is 1. The minimum atomic E-state index is -0.985. The van der Waals surface area contributed by atoms with Crippen LogP contribution in [0.5, 0.6) is 5.88 Å². The maximum Gasteiger partial charge on any atom is 0.335 e. The minimum Gasteiger partial charge on any atom is -0.478 e. The van der Waals surface area contributed by atoms with Crippen LogP contribution in [0.25, 0.3) is 16.0 Å². The molecule has 0 radical (unpaired) electrons. The van der Waals surface area contributed by atoms with Crippen LogP contribution in [0.15, 0.2) is 71.6 Å². The molecule has 0 atom stereocenters. The lowest BCUT2D eigenvalue weighted by molar-refractivity contribution is 0.0697. The van der Waals surface area contributed by atoms with E-state index >= 15 is 0 Å². The Morgan fingerprint density at radius 2 is 2.13 bits per heavy atom. The molecule has 3 heterocycles. The zero-order chi connectivity index (χ0) is 20.9. The third-order valence-electron chi connectivity index (χ3n) is 4.48. The summed E-state index contributed by atoms with van der Waals surface area (Å²) < 4.78 is 11.1. The smallest absolute Gasteiger partial charge is 0.335 e. The average molecular weight is 416 g/mol. The fraction of sp³-hybridized carbons (Fsp3) is 0.0870. The van der Waals surface area contributed by atoms with E-state index in [4.69, 9.17) is 14.3 Å². The molecule has 148 valence electrons. The third kappa shape index (κ3) is 4.14. The summed E-state index contributed by atoms with van der Waals surface area (Å²) in [5.41, 5.74) is 3.46. The SMILES string of the molecule is N#Cc1c(-c2ccoc2)cc(C2=CC=CCS2)nc1OCc1ccc(C(=O)O)cc1. The van der Waals surface area contributed by atoms with E-state index in [1.54, 1.807) is 42.5 Å². The van der Waals surface area contributed by atoms with Crippen LogP contribution in [0.4, 0.5) is 0 Å². The lowest BCUT2D eigenvalue weighted by atomic mass is 10.0. The van der Waals surface area contributed by atoms with Gasteiger partial charge in [-0.3, -0.25) is 0 Å². The van der Waals surface area contributed by atoms with Gasteiger partial charge in [-0.25, -0.2) is 9.78 Å². The number of nitriles is 1. The van der Waals surface area contributed by atoms with Crippen molar-refractivity contribution in [2.24, 2.45) is 0 Å². The van der Waals surface area contributed by atoms with Crippen LogP contribution in [0, 0.1) is 11.3 Å². The van der Waals surface area contributed by atoms with Crippen LogP contribution in [0.1, 0.15) is 27.2 Å². The Balaban J connectivity index is 1.71. The van der Waals surface area contributed by atoms with Gasteiger partial charge in [-0.05, 0) is 35.9 Å². The number of hydrogen-bond donors (Lipinski definition) is 1. The number of carbonyl (C=O) groups is 1. The van der Waals surface area contributed by atoms with Gasteiger partial charge in [0.2, 0.25) is 5.88 Å². The number of carboxylic acid groups (broad SMARTS) is 1. The lowest BCUT2D eigenvalue weighted by Crippen LogP contribution is -2.04. The van der Waals surface area contributed by atoms with Crippen LogP contribution in [0.2, 0.25) is 0 Å². The highest BCUT2D eigenvalue weighted by molar-refractivity contribution is 8.08. The molecule has 0 saturated carbocycles. The number of thioether (sulfide) groups is 1. The maximum atomic E-state index is 11.0. The standard InChI is InChI=1S/C23H16N2O4S/c24-12-19-18(17-8-9-28-14-17)11-20(21-3-1-2-10-30-21)25-22(19)29-13-15-4-6-16(7-5-15)23(26)27/h1-9,11,14H,10,13H2,(H,26,27). The largest absolute Gasteiger partial charge is 0.478 e. The monoisotopic (exact) mass is 416 g/mol. The number of furan rings is 1. The first kappa shape index (κ1) is 19.6. The molecule has 2 aromatic heterocycles. The first-order valence-electron chi connectivity index (χ1n) is 9.08. The Kier molecular flexibility index (Phi) is 5.68. The fourth-order valence-corrected chi connectivity index (χ4v) is 3.77. The van der Waals surface area contributed by atoms with Crippen molar-refractivity contribution in [3.05, 3.63) is 89.5 Å². The van der Waals surface area contributed by atoms with Gasteiger partial charge in [-0.15, -0.1) is 11.8 Å². The lowest BCUT2D eigenvalue weighted by Gasteiger charge is -2.14. The molecule has 0 fully saturated rings. The van der Waals surface area contributed by atoms with Crippen molar-refractivity contribution in [1.82, 2.24) is 4.98 Å². The Bertz CT molecular complexity index is 1170. The van der Waals surface area contributed by atoms with Gasteiger partial charge in [-0.1, -0.05) is 24.3 Å².